The molecule has 0 unspecified atom stereocenters. The molecule has 2 bridgehead atoms. The quantitative estimate of drug-likeness (QED) is 0.634. The highest BCUT2D eigenvalue weighted by molar-refractivity contribution is 7.90. The first-order valence-corrected chi connectivity index (χ1v) is 12.4. The van der Waals surface area contributed by atoms with Crippen LogP contribution in [-0.2, 0) is 15.6 Å². The van der Waals surface area contributed by atoms with Gasteiger partial charge >= 0.3 is 0 Å². The zero-order chi connectivity index (χ0) is 21.7. The molecule has 1 amide bonds. The van der Waals surface area contributed by atoms with E-state index in [9.17, 15) is 13.2 Å². The van der Waals surface area contributed by atoms with Crippen molar-refractivity contribution in [3.05, 3.63) is 57.8 Å². The van der Waals surface area contributed by atoms with Gasteiger partial charge in [0.05, 0.1) is 21.4 Å². The summed E-state index contributed by atoms with van der Waals surface area (Å²) >= 11 is 12.2. The molecule has 1 saturated carbocycles. The van der Waals surface area contributed by atoms with E-state index in [-0.39, 0.29) is 38.1 Å². The molecule has 2 fully saturated rings. The lowest BCUT2D eigenvalue weighted by Gasteiger charge is -2.35. The number of rotatable bonds is 4. The van der Waals surface area contributed by atoms with Crippen LogP contribution in [0.5, 0.6) is 0 Å². The van der Waals surface area contributed by atoms with E-state index in [1.54, 1.807) is 12.1 Å². The summed E-state index contributed by atoms with van der Waals surface area (Å²) in [4.78, 5) is 19.2. The fourth-order valence-electron chi connectivity index (χ4n) is 5.03. The van der Waals surface area contributed by atoms with Gasteiger partial charge in [0.25, 0.3) is 5.91 Å². The van der Waals surface area contributed by atoms with Crippen LogP contribution in [0.25, 0.3) is 0 Å². The average molecular weight is 467 g/mol. The van der Waals surface area contributed by atoms with Crippen LogP contribution in [0, 0.1) is 11.3 Å². The van der Waals surface area contributed by atoms with E-state index in [1.165, 1.54) is 24.5 Å². The summed E-state index contributed by atoms with van der Waals surface area (Å²) in [6.45, 7) is 5.27. The highest BCUT2D eigenvalue weighted by atomic mass is 35.5. The summed E-state index contributed by atoms with van der Waals surface area (Å²) in [6.07, 6.45) is 6.13. The van der Waals surface area contributed by atoms with Gasteiger partial charge < -0.3 is 4.90 Å². The number of carbonyl (C=O) groups is 1. The van der Waals surface area contributed by atoms with E-state index < -0.39 is 9.84 Å². The van der Waals surface area contributed by atoms with Crippen molar-refractivity contribution in [1.29, 1.82) is 0 Å². The van der Waals surface area contributed by atoms with Crippen LogP contribution < -0.4 is 0 Å². The maximum absolute atomic E-state index is 13.2. The molecular formula is C22H24Cl2N2O3S. The van der Waals surface area contributed by atoms with Crippen molar-refractivity contribution in [1.82, 2.24) is 9.88 Å². The molecule has 8 heteroatoms. The van der Waals surface area contributed by atoms with E-state index in [0.29, 0.717) is 17.0 Å². The van der Waals surface area contributed by atoms with Crippen molar-refractivity contribution in [3.8, 4) is 0 Å². The molecule has 30 heavy (non-hydrogen) atoms. The minimum atomic E-state index is -3.79. The van der Waals surface area contributed by atoms with Crippen molar-refractivity contribution in [2.75, 3.05) is 6.54 Å². The van der Waals surface area contributed by atoms with E-state index in [4.69, 9.17) is 23.2 Å². The molecule has 160 valence electrons. The van der Waals surface area contributed by atoms with Gasteiger partial charge in [0.15, 0.2) is 9.84 Å². The van der Waals surface area contributed by atoms with Crippen molar-refractivity contribution < 1.29 is 13.2 Å². The Balaban J connectivity index is 1.57. The summed E-state index contributed by atoms with van der Waals surface area (Å²) in [5.74, 6) is 0.119. The second kappa shape index (κ2) is 7.81. The van der Waals surface area contributed by atoms with E-state index >= 15 is 0 Å². The summed E-state index contributed by atoms with van der Waals surface area (Å²) in [5, 5.41) is 0.157. The molecule has 0 radical (unpaired) electrons. The average Bonchev–Trinajstić information content (AvgIpc) is 2.94. The van der Waals surface area contributed by atoms with Crippen LogP contribution in [0.3, 0.4) is 0 Å². The molecule has 0 spiro atoms. The molecule has 2 aromatic rings. The molecular weight excluding hydrogens is 443 g/mol. The van der Waals surface area contributed by atoms with Gasteiger partial charge in [0.2, 0.25) is 0 Å². The van der Waals surface area contributed by atoms with Crippen LogP contribution in [0.4, 0.5) is 0 Å². The Labute approximate surface area is 187 Å². The van der Waals surface area contributed by atoms with Gasteiger partial charge in [-0.15, -0.1) is 0 Å². The number of pyridine rings is 1. The van der Waals surface area contributed by atoms with Crippen molar-refractivity contribution in [2.45, 2.75) is 49.8 Å². The second-order valence-electron chi connectivity index (χ2n) is 9.18. The number of amides is 1. The van der Waals surface area contributed by atoms with Gasteiger partial charge in [-0.2, -0.15) is 0 Å². The first-order chi connectivity index (χ1) is 14.1. The minimum absolute atomic E-state index is 0.0784. The third kappa shape index (κ3) is 4.23. The lowest BCUT2D eigenvalue weighted by Crippen LogP contribution is -2.37. The Bertz CT molecular complexity index is 1080. The summed E-state index contributed by atoms with van der Waals surface area (Å²) < 4.78 is 25.8. The van der Waals surface area contributed by atoms with Gasteiger partial charge in [0.1, 0.15) is 4.90 Å². The number of likely N-dealkylation sites (tertiary alicyclic amines) is 1. The largest absolute Gasteiger partial charge is 0.335 e. The Kier molecular flexibility index (Phi) is 5.62. The first kappa shape index (κ1) is 21.6. The van der Waals surface area contributed by atoms with Gasteiger partial charge in [0, 0.05) is 25.0 Å². The van der Waals surface area contributed by atoms with Crippen molar-refractivity contribution >= 4 is 38.9 Å². The molecule has 5 nitrogen and oxygen atoms in total. The normalized spacial score (nSPS) is 22.9. The zero-order valence-electron chi connectivity index (χ0n) is 16.9. The molecule has 1 aliphatic carbocycles. The Morgan fingerprint density at radius 2 is 1.90 bits per heavy atom. The molecule has 1 aromatic carbocycles. The van der Waals surface area contributed by atoms with Crippen molar-refractivity contribution in [3.63, 3.8) is 0 Å². The number of aromatic nitrogens is 1. The number of halogens is 2. The number of nitrogens with zero attached hydrogens (tertiary/aromatic N) is 2. The lowest BCUT2D eigenvalue weighted by atomic mass is 9.72. The summed E-state index contributed by atoms with van der Waals surface area (Å²) in [6, 6.07) is 6.43. The molecule has 1 aromatic heterocycles. The third-order valence-corrected chi connectivity index (χ3v) is 8.65. The predicted octanol–water partition coefficient (Wildman–Crippen LogP) is 5.01. The monoisotopic (exact) mass is 466 g/mol. The van der Waals surface area contributed by atoms with Gasteiger partial charge in [-0.3, -0.25) is 9.78 Å². The lowest BCUT2D eigenvalue weighted by molar-refractivity contribution is 0.0708. The van der Waals surface area contributed by atoms with Crippen LogP contribution in [0.2, 0.25) is 10.0 Å². The molecule has 2 heterocycles. The highest BCUT2D eigenvalue weighted by Gasteiger charge is 2.44. The molecule has 1 aliphatic heterocycles. The van der Waals surface area contributed by atoms with Gasteiger partial charge in [-0.1, -0.05) is 43.1 Å². The summed E-state index contributed by atoms with van der Waals surface area (Å²) in [7, 11) is -3.79. The van der Waals surface area contributed by atoms with Gasteiger partial charge in [-0.05, 0) is 54.4 Å². The fraction of sp³-hybridized carbons (Fsp3) is 0.455. The van der Waals surface area contributed by atoms with Crippen LogP contribution in [0.15, 0.2) is 41.6 Å². The standard InChI is InChI=1S/C22H24Cl2N2O3S/c1-22(2)8-14-7-17(9-22)26(12-14)21(27)16-6-15(10-25-11-16)13-30(28,29)20-18(23)4-3-5-19(20)24/h3-6,10-11,14,17H,7-9,12-13H2,1-2H3/t14-,17+/m1/s1. The number of carbonyl (C=O) groups excluding carboxylic acids is 1. The Morgan fingerprint density at radius 3 is 2.60 bits per heavy atom. The first-order valence-electron chi connectivity index (χ1n) is 9.97. The fourth-order valence-corrected chi connectivity index (χ4v) is 7.60. The summed E-state index contributed by atoms with van der Waals surface area (Å²) in [5.41, 5.74) is 1.09. The van der Waals surface area contributed by atoms with Crippen LogP contribution in [-0.4, -0.2) is 36.8 Å². The molecule has 0 N–H and O–H groups in total. The SMILES string of the molecule is CC1(C)C[C@H]2C[C@@H](C1)N(C(=O)c1cncc(CS(=O)(=O)c3c(Cl)cccc3Cl)c1)C2. The molecule has 4 rings (SSSR count). The molecule has 1 saturated heterocycles. The topological polar surface area (TPSA) is 67.3 Å². The number of hydrogen-bond donors (Lipinski definition) is 0. The number of fused-ring (bicyclic) bond motifs is 2. The minimum Gasteiger partial charge on any atom is -0.335 e. The van der Waals surface area contributed by atoms with E-state index in [0.717, 1.165) is 25.8 Å². The predicted molar refractivity (Wildman–Crippen MR) is 118 cm³/mol. The van der Waals surface area contributed by atoms with Crippen LogP contribution >= 0.6 is 23.2 Å². The second-order valence-corrected chi connectivity index (χ2v) is 11.9. The van der Waals surface area contributed by atoms with Crippen LogP contribution in [0.1, 0.15) is 49.0 Å². The molecule has 2 aliphatic rings. The smallest absolute Gasteiger partial charge is 0.255 e. The van der Waals surface area contributed by atoms with Gasteiger partial charge in [-0.25, -0.2) is 8.42 Å². The van der Waals surface area contributed by atoms with E-state index in [1.807, 2.05) is 4.90 Å². The third-order valence-electron chi connectivity index (χ3n) is 6.02. The highest BCUT2D eigenvalue weighted by Crippen LogP contribution is 2.45. The maximum atomic E-state index is 13.2. The Hall–Kier alpha value is -1.63. The number of sulfone groups is 1. The molecule has 2 atom stereocenters. The number of hydrogen-bond acceptors (Lipinski definition) is 4. The maximum Gasteiger partial charge on any atom is 0.255 e. The van der Waals surface area contributed by atoms with E-state index in [2.05, 4.69) is 18.8 Å². The van der Waals surface area contributed by atoms with Crippen molar-refractivity contribution in [2.24, 2.45) is 11.3 Å². The number of benzene rings is 1. The Morgan fingerprint density at radius 1 is 1.20 bits per heavy atom. The zero-order valence-corrected chi connectivity index (χ0v) is 19.3.